The molecule has 0 aromatic heterocycles. The molecule has 0 aromatic carbocycles. The molecule has 1 fully saturated rings. The third kappa shape index (κ3) is 3.28. The zero-order valence-corrected chi connectivity index (χ0v) is 8.90. The average Bonchev–Trinajstić information content (AvgIpc) is 2.03. The van der Waals surface area contributed by atoms with Gasteiger partial charge in [-0.05, 0) is 51.5 Å². The Morgan fingerprint density at radius 2 is 2.23 bits per heavy atom. The molecule has 1 saturated heterocycles. The van der Waals surface area contributed by atoms with Crippen molar-refractivity contribution in [2.24, 2.45) is 5.41 Å². The standard InChI is InChI=1S/C11H22NO/c1-4-11(8-10(2,3)13)6-5-7-12-9-11/h12-13H,1,4-9H2,2-3H3/t11-/m1/s1. The average molecular weight is 184 g/mol. The highest BCUT2D eigenvalue weighted by Gasteiger charge is 2.34. The molecule has 0 bridgehead atoms. The van der Waals surface area contributed by atoms with Crippen molar-refractivity contribution in [2.75, 3.05) is 13.1 Å². The lowest BCUT2D eigenvalue weighted by atomic mass is 9.71. The molecular formula is C11H22NO. The van der Waals surface area contributed by atoms with E-state index in [-0.39, 0.29) is 5.41 Å². The number of piperidine rings is 1. The van der Waals surface area contributed by atoms with Gasteiger partial charge >= 0.3 is 0 Å². The Morgan fingerprint density at radius 3 is 2.62 bits per heavy atom. The van der Waals surface area contributed by atoms with E-state index < -0.39 is 5.60 Å². The second-order valence-electron chi connectivity index (χ2n) is 5.02. The van der Waals surface area contributed by atoms with Crippen molar-refractivity contribution in [3.63, 3.8) is 0 Å². The normalized spacial score (nSPS) is 30.5. The Kier molecular flexibility index (Phi) is 3.36. The number of hydrogen-bond donors (Lipinski definition) is 2. The van der Waals surface area contributed by atoms with Gasteiger partial charge in [0.05, 0.1) is 5.60 Å². The van der Waals surface area contributed by atoms with Gasteiger partial charge in [-0.2, -0.15) is 0 Å². The van der Waals surface area contributed by atoms with Gasteiger partial charge in [0.25, 0.3) is 0 Å². The number of hydrogen-bond acceptors (Lipinski definition) is 2. The third-order valence-corrected chi connectivity index (χ3v) is 2.90. The molecule has 13 heavy (non-hydrogen) atoms. The van der Waals surface area contributed by atoms with Crippen LogP contribution in [0.15, 0.2) is 0 Å². The molecule has 77 valence electrons. The smallest absolute Gasteiger partial charge is 0.0597 e. The first-order chi connectivity index (χ1) is 5.97. The number of nitrogens with one attached hydrogen (secondary N) is 1. The van der Waals surface area contributed by atoms with Crippen LogP contribution in [0.5, 0.6) is 0 Å². The molecule has 2 nitrogen and oxygen atoms in total. The first-order valence-corrected chi connectivity index (χ1v) is 5.20. The van der Waals surface area contributed by atoms with E-state index in [9.17, 15) is 5.11 Å². The van der Waals surface area contributed by atoms with Crippen molar-refractivity contribution in [3.05, 3.63) is 6.92 Å². The summed E-state index contributed by atoms with van der Waals surface area (Å²) >= 11 is 0. The Morgan fingerprint density at radius 1 is 1.54 bits per heavy atom. The molecule has 0 unspecified atom stereocenters. The van der Waals surface area contributed by atoms with E-state index in [0.29, 0.717) is 0 Å². The van der Waals surface area contributed by atoms with Gasteiger partial charge in [-0.25, -0.2) is 0 Å². The second-order valence-corrected chi connectivity index (χ2v) is 5.02. The molecule has 1 aliphatic rings. The van der Waals surface area contributed by atoms with E-state index in [0.717, 1.165) is 25.9 Å². The van der Waals surface area contributed by atoms with Gasteiger partial charge in [0, 0.05) is 6.54 Å². The van der Waals surface area contributed by atoms with Gasteiger partial charge in [-0.1, -0.05) is 6.92 Å². The SMILES string of the molecule is [CH2]C[C@]1(CC(C)(C)O)CCCNC1. The molecule has 2 heteroatoms. The van der Waals surface area contributed by atoms with E-state index in [4.69, 9.17) is 0 Å². The third-order valence-electron chi connectivity index (χ3n) is 2.90. The minimum Gasteiger partial charge on any atom is -0.390 e. The van der Waals surface area contributed by atoms with Crippen molar-refractivity contribution in [1.29, 1.82) is 0 Å². The van der Waals surface area contributed by atoms with Crippen LogP contribution in [-0.4, -0.2) is 23.8 Å². The van der Waals surface area contributed by atoms with Crippen molar-refractivity contribution in [1.82, 2.24) is 5.32 Å². The minimum absolute atomic E-state index is 0.233. The summed E-state index contributed by atoms with van der Waals surface area (Å²) in [6, 6.07) is 0. The Balaban J connectivity index is 2.57. The maximum atomic E-state index is 9.81. The summed E-state index contributed by atoms with van der Waals surface area (Å²) in [6.07, 6.45) is 4.19. The van der Waals surface area contributed by atoms with E-state index in [1.807, 2.05) is 13.8 Å². The summed E-state index contributed by atoms with van der Waals surface area (Å²) < 4.78 is 0. The van der Waals surface area contributed by atoms with Crippen LogP contribution in [0.25, 0.3) is 0 Å². The first-order valence-electron chi connectivity index (χ1n) is 5.20. The van der Waals surface area contributed by atoms with Crippen LogP contribution >= 0.6 is 0 Å². The molecule has 1 aliphatic heterocycles. The predicted octanol–water partition coefficient (Wildman–Crippen LogP) is 1.74. The molecule has 0 amide bonds. The lowest BCUT2D eigenvalue weighted by molar-refractivity contribution is 0.0115. The fraction of sp³-hybridized carbons (Fsp3) is 0.909. The van der Waals surface area contributed by atoms with Crippen LogP contribution in [0.4, 0.5) is 0 Å². The Hall–Kier alpha value is -0.0800. The molecule has 1 atom stereocenters. The van der Waals surface area contributed by atoms with Gasteiger partial charge in [0.2, 0.25) is 0 Å². The summed E-state index contributed by atoms with van der Waals surface area (Å²) in [7, 11) is 0. The van der Waals surface area contributed by atoms with Crippen molar-refractivity contribution in [3.8, 4) is 0 Å². The molecule has 1 radical (unpaired) electrons. The van der Waals surface area contributed by atoms with E-state index in [1.54, 1.807) is 0 Å². The number of aliphatic hydroxyl groups is 1. The fourth-order valence-corrected chi connectivity index (χ4v) is 2.40. The van der Waals surface area contributed by atoms with Gasteiger partial charge in [-0.15, -0.1) is 0 Å². The largest absolute Gasteiger partial charge is 0.390 e. The molecule has 0 spiro atoms. The lowest BCUT2D eigenvalue weighted by Gasteiger charge is -2.40. The van der Waals surface area contributed by atoms with Crippen molar-refractivity contribution < 1.29 is 5.11 Å². The Labute approximate surface area is 81.7 Å². The predicted molar refractivity (Wildman–Crippen MR) is 55.4 cm³/mol. The molecule has 0 aliphatic carbocycles. The monoisotopic (exact) mass is 184 g/mol. The molecule has 1 heterocycles. The summed E-state index contributed by atoms with van der Waals surface area (Å²) in [6.45, 7) is 9.92. The van der Waals surface area contributed by atoms with Gasteiger partial charge < -0.3 is 10.4 Å². The highest BCUT2D eigenvalue weighted by Crippen LogP contribution is 2.37. The molecular weight excluding hydrogens is 162 g/mol. The van der Waals surface area contributed by atoms with Gasteiger partial charge in [0.15, 0.2) is 0 Å². The van der Waals surface area contributed by atoms with Crippen molar-refractivity contribution >= 4 is 0 Å². The number of rotatable bonds is 3. The van der Waals surface area contributed by atoms with Crippen LogP contribution in [0.1, 0.15) is 39.5 Å². The van der Waals surface area contributed by atoms with Crippen LogP contribution in [0.3, 0.4) is 0 Å². The molecule has 0 aromatic rings. The maximum absolute atomic E-state index is 9.81. The lowest BCUT2D eigenvalue weighted by Crippen LogP contribution is -2.43. The van der Waals surface area contributed by atoms with E-state index >= 15 is 0 Å². The van der Waals surface area contributed by atoms with Gasteiger partial charge in [-0.3, -0.25) is 0 Å². The van der Waals surface area contributed by atoms with Crippen LogP contribution in [-0.2, 0) is 0 Å². The molecule has 2 N–H and O–H groups in total. The second kappa shape index (κ2) is 3.97. The molecule has 0 saturated carbocycles. The minimum atomic E-state index is -0.559. The summed E-state index contributed by atoms with van der Waals surface area (Å²) in [5, 5.41) is 13.2. The quantitative estimate of drug-likeness (QED) is 0.700. The van der Waals surface area contributed by atoms with Crippen LogP contribution in [0.2, 0.25) is 0 Å². The van der Waals surface area contributed by atoms with Crippen LogP contribution in [0, 0.1) is 12.3 Å². The zero-order chi connectivity index (χ0) is 9.95. The van der Waals surface area contributed by atoms with Crippen molar-refractivity contribution in [2.45, 2.75) is 45.1 Å². The summed E-state index contributed by atoms with van der Waals surface area (Å²) in [4.78, 5) is 0. The Bertz CT molecular complexity index is 154. The van der Waals surface area contributed by atoms with Crippen LogP contribution < -0.4 is 5.32 Å². The highest BCUT2D eigenvalue weighted by molar-refractivity contribution is 4.90. The topological polar surface area (TPSA) is 32.3 Å². The fourth-order valence-electron chi connectivity index (χ4n) is 2.40. The van der Waals surface area contributed by atoms with E-state index in [2.05, 4.69) is 12.2 Å². The van der Waals surface area contributed by atoms with E-state index in [1.165, 1.54) is 12.8 Å². The molecule has 1 rings (SSSR count). The maximum Gasteiger partial charge on any atom is 0.0597 e. The highest BCUT2D eigenvalue weighted by atomic mass is 16.3. The summed E-state index contributed by atoms with van der Waals surface area (Å²) in [5.74, 6) is 0. The zero-order valence-electron chi connectivity index (χ0n) is 8.90. The summed E-state index contributed by atoms with van der Waals surface area (Å²) in [5.41, 5.74) is -0.326. The van der Waals surface area contributed by atoms with Gasteiger partial charge in [0.1, 0.15) is 0 Å². The first kappa shape index (κ1) is 11.0.